The molecule has 3 rings (SSSR count). The number of hydrogen-bond donors (Lipinski definition) is 0. The Bertz CT molecular complexity index is 835. The molecule has 4 bridgehead atoms. The molecular weight excluding hydrogens is 388 g/mol. The van der Waals surface area contributed by atoms with E-state index in [1.807, 2.05) is 24.3 Å². The molecule has 3 heterocycles. The van der Waals surface area contributed by atoms with Crippen LogP contribution in [0.4, 0.5) is 0 Å². The van der Waals surface area contributed by atoms with Crippen molar-refractivity contribution in [1.29, 1.82) is 0 Å². The Morgan fingerprint density at radius 3 is 1.40 bits per heavy atom. The van der Waals surface area contributed by atoms with E-state index in [2.05, 4.69) is 31.9 Å². The van der Waals surface area contributed by atoms with E-state index in [-0.39, 0.29) is 5.43 Å². The van der Waals surface area contributed by atoms with Gasteiger partial charge in [-0.25, -0.2) is 0 Å². The molecule has 0 N–H and O–H groups in total. The molecule has 0 saturated heterocycles. The van der Waals surface area contributed by atoms with Crippen LogP contribution in [0.3, 0.4) is 0 Å². The predicted octanol–water partition coefficient (Wildman–Crippen LogP) is 5.19. The van der Waals surface area contributed by atoms with Gasteiger partial charge in [0, 0.05) is 0 Å². The van der Waals surface area contributed by atoms with E-state index in [4.69, 9.17) is 8.83 Å². The van der Waals surface area contributed by atoms with E-state index in [1.54, 1.807) is 24.3 Å². The van der Waals surface area contributed by atoms with Crippen molar-refractivity contribution in [3.8, 4) is 0 Å². The third-order valence-electron chi connectivity index (χ3n) is 2.68. The molecule has 0 amide bonds. The number of rotatable bonds is 0. The minimum Gasteiger partial charge on any atom is -0.457 e. The molecule has 3 aromatic rings. The van der Waals surface area contributed by atoms with Crippen LogP contribution >= 0.6 is 31.9 Å². The molecule has 5 heteroatoms. The minimum atomic E-state index is -0.187. The second-order valence-electron chi connectivity index (χ2n) is 4.13. The van der Waals surface area contributed by atoms with Crippen LogP contribution in [0.5, 0.6) is 0 Å². The maximum Gasteiger partial charge on any atom is 0.207 e. The summed E-state index contributed by atoms with van der Waals surface area (Å²) in [5, 5.41) is 0. The van der Waals surface area contributed by atoms with Crippen molar-refractivity contribution in [2.75, 3.05) is 0 Å². The Labute approximate surface area is 130 Å². The van der Waals surface area contributed by atoms with Gasteiger partial charge in [-0.15, -0.1) is 0 Å². The molecule has 0 aromatic carbocycles. The van der Waals surface area contributed by atoms with E-state index in [0.29, 0.717) is 31.3 Å². The first-order valence-electron chi connectivity index (χ1n) is 5.79. The molecule has 100 valence electrons. The lowest BCUT2D eigenvalue weighted by molar-refractivity contribution is 0.661. The average molecular weight is 396 g/mol. The van der Waals surface area contributed by atoms with Crippen molar-refractivity contribution in [2.24, 2.45) is 0 Å². The van der Waals surface area contributed by atoms with Crippen LogP contribution in [-0.4, -0.2) is 0 Å². The lowest BCUT2D eigenvalue weighted by atomic mass is 10.4. The van der Waals surface area contributed by atoms with E-state index >= 15 is 0 Å². The van der Waals surface area contributed by atoms with E-state index < -0.39 is 0 Å². The highest BCUT2D eigenvalue weighted by Crippen LogP contribution is 2.16. The van der Waals surface area contributed by atoms with Crippen LogP contribution in [0.2, 0.25) is 0 Å². The molecule has 3 aromatic heterocycles. The summed E-state index contributed by atoms with van der Waals surface area (Å²) in [5.41, 5.74) is 2.39. The standard InChI is InChI=1S/C15H8Br2O3/c16-13-7-11-5-3-9(19-11)1-2-10-4-6-12(20-10)8-14(17)15(13)18/h1-8H. The van der Waals surface area contributed by atoms with Gasteiger partial charge in [0.25, 0.3) is 0 Å². The quantitative estimate of drug-likeness (QED) is 0.526. The third-order valence-corrected chi connectivity index (χ3v) is 3.86. The van der Waals surface area contributed by atoms with Crippen molar-refractivity contribution in [2.45, 2.75) is 0 Å². The highest BCUT2D eigenvalue weighted by atomic mass is 79.9. The van der Waals surface area contributed by atoms with Gasteiger partial charge >= 0.3 is 0 Å². The largest absolute Gasteiger partial charge is 0.457 e. The van der Waals surface area contributed by atoms with Gasteiger partial charge in [-0.2, -0.15) is 0 Å². The molecule has 0 aliphatic heterocycles. The second kappa shape index (κ2) is 5.42. The fourth-order valence-electron chi connectivity index (χ4n) is 1.73. The van der Waals surface area contributed by atoms with Gasteiger partial charge in [-0.05, 0) is 80.4 Å². The van der Waals surface area contributed by atoms with Crippen LogP contribution in [0.1, 0.15) is 0 Å². The number of fused-ring (bicyclic) bond motifs is 4. The zero-order valence-electron chi connectivity index (χ0n) is 10.1. The summed E-state index contributed by atoms with van der Waals surface area (Å²) >= 11 is 6.52. The van der Waals surface area contributed by atoms with Gasteiger partial charge in [-0.1, -0.05) is 0 Å². The Kier molecular flexibility index (Phi) is 3.63. The maximum absolute atomic E-state index is 12.2. The smallest absolute Gasteiger partial charge is 0.207 e. The molecule has 0 aliphatic carbocycles. The van der Waals surface area contributed by atoms with Crippen molar-refractivity contribution in [3.63, 3.8) is 0 Å². The van der Waals surface area contributed by atoms with E-state index in [0.717, 1.165) is 0 Å². The fourth-order valence-corrected chi connectivity index (χ4v) is 2.87. The van der Waals surface area contributed by atoms with Crippen LogP contribution in [0.25, 0.3) is 22.3 Å². The summed E-state index contributed by atoms with van der Waals surface area (Å²) < 4.78 is 12.0. The molecule has 3 nitrogen and oxygen atoms in total. The lowest BCUT2D eigenvalue weighted by Gasteiger charge is -1.84. The van der Waals surface area contributed by atoms with Gasteiger partial charge in [0.05, 0.1) is 8.95 Å². The SMILES string of the molecule is O=c1c(Br)cc2ccc(ccc3ccc(cc1Br)o3)o2. The summed E-state index contributed by atoms with van der Waals surface area (Å²) in [4.78, 5) is 12.2. The van der Waals surface area contributed by atoms with Gasteiger partial charge in [-0.3, -0.25) is 4.79 Å². The number of halogens is 2. The normalized spacial score (nSPS) is 10.7. The van der Waals surface area contributed by atoms with Crippen molar-refractivity contribution in [1.82, 2.24) is 0 Å². The van der Waals surface area contributed by atoms with Gasteiger partial charge in [0.1, 0.15) is 22.3 Å². The molecule has 0 aliphatic rings. The fraction of sp³-hybridized carbons (Fsp3) is 0. The summed E-state index contributed by atoms with van der Waals surface area (Å²) in [5.74, 6) is 0. The third kappa shape index (κ3) is 2.78. The van der Waals surface area contributed by atoms with Gasteiger partial charge in [0.15, 0.2) is 0 Å². The summed E-state index contributed by atoms with van der Waals surface area (Å²) in [6, 6.07) is 14.1. The van der Waals surface area contributed by atoms with Gasteiger partial charge in [0.2, 0.25) is 5.43 Å². The molecule has 0 saturated carbocycles. The lowest BCUT2D eigenvalue weighted by Crippen LogP contribution is -1.98. The van der Waals surface area contributed by atoms with E-state index in [1.165, 1.54) is 0 Å². The molecular formula is C15H8Br2O3. The Morgan fingerprint density at radius 1 is 0.650 bits per heavy atom. The zero-order valence-corrected chi connectivity index (χ0v) is 13.3. The predicted molar refractivity (Wildman–Crippen MR) is 85.3 cm³/mol. The molecule has 0 atom stereocenters. The first-order chi connectivity index (χ1) is 9.61. The first kappa shape index (κ1) is 13.4. The van der Waals surface area contributed by atoms with Crippen LogP contribution in [-0.2, 0) is 0 Å². The topological polar surface area (TPSA) is 43.4 Å². The number of furan rings is 2. The summed E-state index contributed by atoms with van der Waals surface area (Å²) in [6.07, 6.45) is 0. The Balaban J connectivity index is 2.48. The highest BCUT2D eigenvalue weighted by molar-refractivity contribution is 9.11. The van der Waals surface area contributed by atoms with E-state index in [9.17, 15) is 4.79 Å². The van der Waals surface area contributed by atoms with Gasteiger partial charge < -0.3 is 8.83 Å². The second-order valence-corrected chi connectivity index (χ2v) is 5.84. The molecule has 20 heavy (non-hydrogen) atoms. The Hall–Kier alpha value is -1.59. The zero-order chi connectivity index (χ0) is 14.1. The summed E-state index contributed by atoms with van der Waals surface area (Å²) in [6.45, 7) is 0. The van der Waals surface area contributed by atoms with Crippen LogP contribution in [0.15, 0.2) is 71.1 Å². The van der Waals surface area contributed by atoms with Crippen LogP contribution < -0.4 is 5.43 Å². The van der Waals surface area contributed by atoms with Crippen LogP contribution in [0, 0.1) is 0 Å². The molecule has 0 radical (unpaired) electrons. The monoisotopic (exact) mass is 394 g/mol. The molecule has 0 unspecified atom stereocenters. The number of hydrogen-bond acceptors (Lipinski definition) is 3. The maximum atomic E-state index is 12.2. The van der Waals surface area contributed by atoms with Crippen molar-refractivity contribution >= 4 is 54.2 Å². The Morgan fingerprint density at radius 2 is 1.00 bits per heavy atom. The molecule has 0 spiro atoms. The average Bonchev–Trinajstić information content (AvgIpc) is 3.04. The highest BCUT2D eigenvalue weighted by Gasteiger charge is 1.99. The molecule has 0 fully saturated rings. The van der Waals surface area contributed by atoms with Crippen molar-refractivity contribution in [3.05, 3.63) is 67.7 Å². The first-order valence-corrected chi connectivity index (χ1v) is 7.37. The van der Waals surface area contributed by atoms with Crippen molar-refractivity contribution < 1.29 is 8.83 Å². The minimum absolute atomic E-state index is 0.187. The summed E-state index contributed by atoms with van der Waals surface area (Å²) in [7, 11) is 0.